The normalized spacial score (nSPS) is 11.6. The van der Waals surface area contributed by atoms with Gasteiger partial charge in [0, 0.05) is 11.8 Å². The lowest BCUT2D eigenvalue weighted by Crippen LogP contribution is -2.27. The van der Waals surface area contributed by atoms with E-state index in [4.69, 9.17) is 0 Å². The summed E-state index contributed by atoms with van der Waals surface area (Å²) >= 11 is 0. The highest BCUT2D eigenvalue weighted by Gasteiger charge is 2.30. The molecule has 1 amide bonds. The van der Waals surface area contributed by atoms with Gasteiger partial charge in [0.15, 0.2) is 0 Å². The molecule has 0 atom stereocenters. The summed E-state index contributed by atoms with van der Waals surface area (Å²) in [6.07, 6.45) is -4.43. The fourth-order valence-corrected chi connectivity index (χ4v) is 1.85. The van der Waals surface area contributed by atoms with Crippen molar-refractivity contribution in [3.05, 3.63) is 58.0 Å². The van der Waals surface area contributed by atoms with Crippen molar-refractivity contribution in [3.8, 4) is 0 Å². The Morgan fingerprint density at radius 1 is 1.13 bits per heavy atom. The number of halogens is 3. The second-order valence-corrected chi connectivity index (χ2v) is 5.12. The first-order valence-corrected chi connectivity index (χ1v) is 6.77. The van der Waals surface area contributed by atoms with Gasteiger partial charge in [-0.25, -0.2) is 4.68 Å². The number of hydrogen-bond donors (Lipinski definition) is 1. The maximum Gasteiger partial charge on any atom is 0.416 e. The molecule has 0 spiro atoms. The van der Waals surface area contributed by atoms with Crippen molar-refractivity contribution in [3.63, 3.8) is 0 Å². The van der Waals surface area contributed by atoms with Crippen molar-refractivity contribution in [2.24, 2.45) is 0 Å². The van der Waals surface area contributed by atoms with E-state index in [1.807, 2.05) is 0 Å². The Morgan fingerprint density at radius 3 is 2.26 bits per heavy atom. The third kappa shape index (κ3) is 3.97. The van der Waals surface area contributed by atoms with E-state index in [0.717, 1.165) is 28.9 Å². The zero-order valence-electron chi connectivity index (χ0n) is 12.4. The van der Waals surface area contributed by atoms with Gasteiger partial charge in [0.05, 0.1) is 11.6 Å². The molecule has 0 unspecified atom stereocenters. The second-order valence-electron chi connectivity index (χ2n) is 5.12. The first kappa shape index (κ1) is 16.7. The molecule has 23 heavy (non-hydrogen) atoms. The van der Waals surface area contributed by atoms with Crippen LogP contribution in [0.1, 0.15) is 35.9 Å². The van der Waals surface area contributed by atoms with Crippen LogP contribution in [0, 0.1) is 0 Å². The first-order valence-electron chi connectivity index (χ1n) is 6.77. The van der Waals surface area contributed by atoms with Gasteiger partial charge in [0.2, 0.25) is 0 Å². The zero-order valence-corrected chi connectivity index (χ0v) is 12.4. The van der Waals surface area contributed by atoms with Crippen molar-refractivity contribution in [2.45, 2.75) is 26.1 Å². The third-order valence-corrected chi connectivity index (χ3v) is 3.02. The highest BCUT2D eigenvalue weighted by molar-refractivity contribution is 6.02. The predicted molar refractivity (Wildman–Crippen MR) is 78.3 cm³/mol. The Balaban J connectivity index is 2.19. The van der Waals surface area contributed by atoms with Crippen molar-refractivity contribution in [1.82, 2.24) is 9.78 Å². The Bertz CT molecular complexity index is 765. The number of nitrogens with one attached hydrogen (secondary N) is 1. The lowest BCUT2D eigenvalue weighted by atomic mass is 10.2. The van der Waals surface area contributed by atoms with Crippen molar-refractivity contribution >= 4 is 11.6 Å². The molecule has 0 saturated heterocycles. The molecule has 0 bridgehead atoms. The van der Waals surface area contributed by atoms with Gasteiger partial charge < -0.3 is 5.32 Å². The van der Waals surface area contributed by atoms with Crippen LogP contribution < -0.4 is 10.9 Å². The molecular weight excluding hydrogens is 311 g/mol. The van der Waals surface area contributed by atoms with Crippen LogP contribution in [0.2, 0.25) is 0 Å². The van der Waals surface area contributed by atoms with E-state index in [0.29, 0.717) is 0 Å². The number of amides is 1. The van der Waals surface area contributed by atoms with E-state index in [9.17, 15) is 22.8 Å². The first-order chi connectivity index (χ1) is 10.7. The maximum atomic E-state index is 12.5. The summed E-state index contributed by atoms with van der Waals surface area (Å²) in [4.78, 5) is 23.7. The summed E-state index contributed by atoms with van der Waals surface area (Å²) < 4.78 is 38.6. The molecule has 5 nitrogen and oxygen atoms in total. The minimum absolute atomic E-state index is 0.00167. The van der Waals surface area contributed by atoms with E-state index < -0.39 is 17.6 Å². The summed E-state index contributed by atoms with van der Waals surface area (Å²) in [5, 5.41) is 6.38. The molecule has 0 aliphatic rings. The average molecular weight is 325 g/mol. The number of aromatic nitrogens is 2. The molecule has 1 aromatic carbocycles. The van der Waals surface area contributed by atoms with E-state index >= 15 is 0 Å². The minimum Gasteiger partial charge on any atom is -0.321 e. The number of rotatable bonds is 3. The highest BCUT2D eigenvalue weighted by Crippen LogP contribution is 2.29. The minimum atomic E-state index is -4.43. The monoisotopic (exact) mass is 325 g/mol. The Morgan fingerprint density at radius 2 is 1.74 bits per heavy atom. The summed E-state index contributed by atoms with van der Waals surface area (Å²) in [5.74, 6) is -0.612. The average Bonchev–Trinajstić information content (AvgIpc) is 2.47. The van der Waals surface area contributed by atoms with Gasteiger partial charge in [0.25, 0.3) is 11.5 Å². The maximum absolute atomic E-state index is 12.5. The molecule has 1 heterocycles. The lowest BCUT2D eigenvalue weighted by Gasteiger charge is -2.11. The van der Waals surface area contributed by atoms with Crippen molar-refractivity contribution in [2.75, 3.05) is 5.32 Å². The van der Waals surface area contributed by atoms with Gasteiger partial charge >= 0.3 is 6.18 Å². The van der Waals surface area contributed by atoms with Crippen LogP contribution in [0.15, 0.2) is 41.2 Å². The molecule has 2 rings (SSSR count). The summed E-state index contributed by atoms with van der Waals surface area (Å²) in [6, 6.07) is 6.31. The van der Waals surface area contributed by atoms with Gasteiger partial charge in [-0.3, -0.25) is 9.59 Å². The molecule has 1 aromatic heterocycles. The smallest absolute Gasteiger partial charge is 0.321 e. The topological polar surface area (TPSA) is 64.0 Å². The van der Waals surface area contributed by atoms with E-state index in [1.165, 1.54) is 12.1 Å². The second kappa shape index (κ2) is 6.23. The highest BCUT2D eigenvalue weighted by atomic mass is 19.4. The molecule has 0 aliphatic carbocycles. The van der Waals surface area contributed by atoms with Gasteiger partial charge in [0.1, 0.15) is 5.69 Å². The Hall–Kier alpha value is -2.64. The number of alkyl halides is 3. The zero-order chi connectivity index (χ0) is 17.2. The number of hydrogen-bond acceptors (Lipinski definition) is 3. The van der Waals surface area contributed by atoms with Crippen LogP contribution in [0.4, 0.5) is 18.9 Å². The van der Waals surface area contributed by atoms with E-state index in [-0.39, 0.29) is 23.0 Å². The SMILES string of the molecule is CC(C)n1nc(C(=O)Nc2ccc(C(F)(F)F)cc2)ccc1=O. The molecule has 8 heteroatoms. The van der Waals surface area contributed by atoms with Crippen LogP contribution in [0.5, 0.6) is 0 Å². The number of nitrogens with zero attached hydrogens (tertiary/aromatic N) is 2. The molecule has 1 N–H and O–H groups in total. The predicted octanol–water partition coefficient (Wildman–Crippen LogP) is 3.10. The molecule has 122 valence electrons. The molecule has 0 radical (unpaired) electrons. The van der Waals surface area contributed by atoms with Gasteiger partial charge in [-0.15, -0.1) is 0 Å². The molecule has 0 fully saturated rings. The van der Waals surface area contributed by atoms with Crippen molar-refractivity contribution in [1.29, 1.82) is 0 Å². The van der Waals surface area contributed by atoms with Crippen LogP contribution in [0.25, 0.3) is 0 Å². The fraction of sp³-hybridized carbons (Fsp3) is 0.267. The third-order valence-electron chi connectivity index (χ3n) is 3.02. The standard InChI is InChI=1S/C15H14F3N3O2/c1-9(2)21-13(22)8-7-12(20-21)14(23)19-11-5-3-10(4-6-11)15(16,17)18/h3-9H,1-2H3,(H,19,23). The lowest BCUT2D eigenvalue weighted by molar-refractivity contribution is -0.137. The van der Waals surface area contributed by atoms with Gasteiger partial charge in [-0.2, -0.15) is 18.3 Å². The molecular formula is C15H14F3N3O2. The fourth-order valence-electron chi connectivity index (χ4n) is 1.85. The van der Waals surface area contributed by atoms with E-state index in [2.05, 4.69) is 10.4 Å². The van der Waals surface area contributed by atoms with Crippen LogP contribution in [0.3, 0.4) is 0 Å². The van der Waals surface area contributed by atoms with Crippen LogP contribution >= 0.6 is 0 Å². The van der Waals surface area contributed by atoms with E-state index in [1.54, 1.807) is 13.8 Å². The Kier molecular flexibility index (Phi) is 4.53. The number of benzene rings is 1. The number of carbonyl (C=O) groups is 1. The van der Waals surface area contributed by atoms with Crippen LogP contribution in [-0.4, -0.2) is 15.7 Å². The molecule has 2 aromatic rings. The largest absolute Gasteiger partial charge is 0.416 e. The van der Waals surface area contributed by atoms with Gasteiger partial charge in [-0.05, 0) is 44.2 Å². The summed E-state index contributed by atoms with van der Waals surface area (Å²) in [7, 11) is 0. The Labute approximate surface area is 129 Å². The van der Waals surface area contributed by atoms with Crippen LogP contribution in [-0.2, 0) is 6.18 Å². The summed E-state index contributed by atoms with van der Waals surface area (Å²) in [6.45, 7) is 3.48. The quantitative estimate of drug-likeness (QED) is 0.943. The molecule has 0 aliphatic heterocycles. The number of carbonyl (C=O) groups excluding carboxylic acids is 1. The van der Waals surface area contributed by atoms with Crippen molar-refractivity contribution < 1.29 is 18.0 Å². The molecule has 0 saturated carbocycles. The summed E-state index contributed by atoms with van der Waals surface area (Å²) in [5.41, 5.74) is -0.946. The number of anilines is 1. The van der Waals surface area contributed by atoms with Gasteiger partial charge in [-0.1, -0.05) is 0 Å².